The fraction of sp³-hybridized carbons (Fsp3) is 0.526. The van der Waals surface area contributed by atoms with Gasteiger partial charge in [0.25, 0.3) is 29.4 Å². The van der Waals surface area contributed by atoms with Gasteiger partial charge in [0.15, 0.2) is 21.9 Å². The summed E-state index contributed by atoms with van der Waals surface area (Å²) in [7, 11) is -18.0. The molecule has 0 radical (unpaired) electrons. The summed E-state index contributed by atoms with van der Waals surface area (Å²) in [6.07, 6.45) is -5.27. The number of phosphoric ester groups is 1. The highest BCUT2D eigenvalue weighted by atomic mass is 79.9. The highest BCUT2D eigenvalue weighted by Gasteiger charge is 2.55. The number of hydrogen-bond acceptors (Lipinski definition) is 19. The van der Waals surface area contributed by atoms with Crippen molar-refractivity contribution in [3.63, 3.8) is 0 Å². The molecule has 1 amide bonds. The lowest BCUT2D eigenvalue weighted by molar-refractivity contribution is -0.250. The first-order valence-electron chi connectivity index (χ1n) is 12.5. The zero-order chi connectivity index (χ0) is 34.0. The quantitative estimate of drug-likeness (QED) is 0.162. The molecule has 46 heavy (non-hydrogen) atoms. The Morgan fingerprint density at radius 1 is 1.20 bits per heavy atom. The van der Waals surface area contributed by atoms with Gasteiger partial charge in [-0.2, -0.15) is 0 Å². The number of carbonyl (C=O) groups is 1. The van der Waals surface area contributed by atoms with Crippen LogP contribution in [-0.4, -0.2) is 66.5 Å². The number of hydrogen-bond donors (Lipinski definition) is 4. The molecule has 5 heterocycles. The summed E-state index contributed by atoms with van der Waals surface area (Å²) >= 11 is 9.78. The molecule has 8 atom stereocenters. The SMILES string of the molecule is CC(C)(C)c1nc(NC(=O)[C@@H]2OC3C(COP(=O)([O-])OP(=O)([O-])OP(=O)([O-])O)OC(n4cnc5c(=S)nc(N)[nH]c54)C3O2)sc1Br. The number of nitrogens with one attached hydrogen (secondary N) is 2. The van der Waals surface area contributed by atoms with E-state index >= 15 is 0 Å². The van der Waals surface area contributed by atoms with Gasteiger partial charge >= 0.3 is 0 Å². The van der Waals surface area contributed by atoms with Crippen LogP contribution in [0.2, 0.25) is 0 Å². The van der Waals surface area contributed by atoms with E-state index in [9.17, 15) is 33.2 Å². The Kier molecular flexibility index (Phi) is 9.88. The number of halogens is 1. The minimum atomic E-state index is -6.15. The van der Waals surface area contributed by atoms with E-state index in [1.54, 1.807) is 0 Å². The smallest absolute Gasteiger partial charge is 0.283 e. The van der Waals surface area contributed by atoms with Crippen LogP contribution >= 0.6 is 63.0 Å². The second-order valence-electron chi connectivity index (χ2n) is 10.6. The van der Waals surface area contributed by atoms with Crippen molar-refractivity contribution >= 4 is 91.1 Å². The van der Waals surface area contributed by atoms with E-state index in [-0.39, 0.29) is 32.3 Å². The molecule has 0 saturated carbocycles. The number of fused-ring (bicyclic) bond motifs is 2. The normalized spacial score (nSPS) is 27.2. The summed E-state index contributed by atoms with van der Waals surface area (Å²) < 4.78 is 65.8. The average Bonchev–Trinajstić information content (AvgIpc) is 3.63. The Morgan fingerprint density at radius 3 is 2.50 bits per heavy atom. The molecule has 2 aliphatic heterocycles. The van der Waals surface area contributed by atoms with Crippen LogP contribution in [0.25, 0.3) is 11.2 Å². The molecule has 21 nitrogen and oxygen atoms in total. The zero-order valence-corrected chi connectivity index (χ0v) is 29.2. The first kappa shape index (κ1) is 35.7. The van der Waals surface area contributed by atoms with Crippen molar-refractivity contribution in [1.82, 2.24) is 24.5 Å². The van der Waals surface area contributed by atoms with Crippen molar-refractivity contribution in [1.29, 1.82) is 0 Å². The Bertz CT molecular complexity index is 1880. The number of ether oxygens (including phenoxy) is 3. The van der Waals surface area contributed by atoms with Crippen molar-refractivity contribution in [3.8, 4) is 0 Å². The van der Waals surface area contributed by atoms with Crippen molar-refractivity contribution < 1.29 is 65.4 Å². The molecule has 7 unspecified atom stereocenters. The van der Waals surface area contributed by atoms with Crippen LogP contribution in [0.1, 0.15) is 32.7 Å². The molecule has 2 saturated heterocycles. The lowest BCUT2D eigenvalue weighted by Gasteiger charge is -2.33. The molecule has 2 fully saturated rings. The number of imidazole rings is 1. The van der Waals surface area contributed by atoms with E-state index in [0.717, 1.165) is 11.3 Å². The second-order valence-corrected chi connectivity index (χ2v) is 17.6. The van der Waals surface area contributed by atoms with Crippen LogP contribution in [0.5, 0.6) is 0 Å². The Hall–Kier alpha value is -1.56. The largest absolute Gasteiger partial charge is 0.756 e. The van der Waals surface area contributed by atoms with Crippen LogP contribution in [0.3, 0.4) is 0 Å². The number of nitrogen functional groups attached to an aromatic ring is 1. The standard InChI is InChI=1S/C19H25BrN7O14P3S2/c1-19(2,3)10-11(20)46-18(23-10)25-13(28)16-38-8-6(4-36-43(32,33)41-44(34,35)40-42(29,30)31)37-15(9(8)39-16)27-5-22-7-12(27)24-17(21)26-14(7)45/h5-6,8-9,15-16H,4H2,1-3H3,(H,32,33)(H,34,35)(H,23,25,28)(H2,29,30,31)(H3,21,24,26,45)/p-3/t6?,8?,9?,15?,16-/m1/s1. The van der Waals surface area contributed by atoms with Gasteiger partial charge in [0.1, 0.15) is 29.5 Å². The first-order valence-corrected chi connectivity index (χ1v) is 19.0. The van der Waals surface area contributed by atoms with Gasteiger partial charge in [-0.15, -0.1) is 0 Å². The van der Waals surface area contributed by atoms with Crippen molar-refractivity contribution in [2.75, 3.05) is 17.7 Å². The third-order valence-electron chi connectivity index (χ3n) is 6.13. The molecule has 2 aliphatic rings. The molecule has 3 aromatic heterocycles. The monoisotopic (exact) mass is 808 g/mol. The second kappa shape index (κ2) is 12.7. The number of nitrogens with zero attached hydrogens (tertiary/aromatic N) is 4. The van der Waals surface area contributed by atoms with E-state index in [0.29, 0.717) is 9.48 Å². The topological polar surface area (TPSA) is 311 Å². The van der Waals surface area contributed by atoms with E-state index in [1.807, 2.05) is 20.8 Å². The number of aromatic nitrogens is 5. The minimum absolute atomic E-state index is 0.0451. The predicted octanol–water partition coefficient (Wildman–Crippen LogP) is 0.681. The van der Waals surface area contributed by atoms with Crippen LogP contribution in [0, 0.1) is 4.64 Å². The van der Waals surface area contributed by atoms with Crippen LogP contribution < -0.4 is 25.7 Å². The van der Waals surface area contributed by atoms with Crippen molar-refractivity contribution in [3.05, 3.63) is 20.4 Å². The number of anilines is 2. The molecule has 254 valence electrons. The summed E-state index contributed by atoms with van der Waals surface area (Å²) in [5, 5.41) is 2.84. The average molecular weight is 809 g/mol. The Morgan fingerprint density at radius 2 is 1.87 bits per heavy atom. The molecule has 0 aliphatic carbocycles. The lowest BCUT2D eigenvalue weighted by atomic mass is 9.93. The lowest BCUT2D eigenvalue weighted by Crippen LogP contribution is -2.34. The number of carbonyl (C=O) groups excluding carboxylic acids is 1. The zero-order valence-electron chi connectivity index (χ0n) is 23.3. The number of nitrogens with two attached hydrogens (primary N) is 1. The molecule has 27 heteroatoms. The number of phosphoric acid groups is 3. The number of thiazole rings is 1. The molecular formula is C19H22BrN7O14P3S2-3. The maximum atomic E-state index is 13.2. The summed E-state index contributed by atoms with van der Waals surface area (Å²) in [5.74, 6) is -0.843. The van der Waals surface area contributed by atoms with Crippen LogP contribution in [-0.2, 0) is 51.3 Å². The van der Waals surface area contributed by atoms with Crippen LogP contribution in [0.4, 0.5) is 11.1 Å². The van der Waals surface area contributed by atoms with E-state index in [1.165, 1.54) is 10.9 Å². The number of H-pyrrole nitrogens is 1. The minimum Gasteiger partial charge on any atom is -0.756 e. The fourth-order valence-corrected chi connectivity index (χ4v) is 9.59. The van der Waals surface area contributed by atoms with Gasteiger partial charge in [-0.3, -0.25) is 28.4 Å². The van der Waals surface area contributed by atoms with Gasteiger partial charge in [-0.1, -0.05) is 44.3 Å². The van der Waals surface area contributed by atoms with Crippen LogP contribution in [0.15, 0.2) is 10.1 Å². The third-order valence-corrected chi connectivity index (χ3v) is 11.7. The summed E-state index contributed by atoms with van der Waals surface area (Å²) in [6.45, 7) is 4.81. The predicted molar refractivity (Wildman–Crippen MR) is 155 cm³/mol. The molecule has 3 aromatic rings. The fourth-order valence-electron chi connectivity index (χ4n) is 4.40. The molecule has 0 spiro atoms. The van der Waals surface area contributed by atoms with Crippen molar-refractivity contribution in [2.24, 2.45) is 0 Å². The molecule has 5 rings (SSSR count). The first-order chi connectivity index (χ1) is 21.1. The Labute approximate surface area is 275 Å². The molecule has 5 N–H and O–H groups in total. The van der Waals surface area contributed by atoms with Crippen molar-refractivity contribution in [2.45, 2.75) is 57.0 Å². The van der Waals surface area contributed by atoms with Gasteiger partial charge in [0.2, 0.25) is 6.29 Å². The van der Waals surface area contributed by atoms with E-state index in [2.05, 4.69) is 54.3 Å². The van der Waals surface area contributed by atoms with Gasteiger partial charge in [0.05, 0.1) is 22.4 Å². The number of rotatable bonds is 10. The molecule has 0 aromatic carbocycles. The molecular weight excluding hydrogens is 787 g/mol. The molecule has 0 bridgehead atoms. The van der Waals surface area contributed by atoms with Gasteiger partial charge < -0.3 is 49.0 Å². The number of amides is 1. The van der Waals surface area contributed by atoms with Gasteiger partial charge in [0, 0.05) is 5.41 Å². The summed E-state index contributed by atoms with van der Waals surface area (Å²) in [4.78, 5) is 71.7. The van der Waals surface area contributed by atoms with Gasteiger partial charge in [-0.25, -0.2) is 23.6 Å². The Balaban J connectivity index is 1.38. The van der Waals surface area contributed by atoms with E-state index in [4.69, 9.17) is 37.1 Å². The maximum Gasteiger partial charge on any atom is 0.283 e. The highest BCUT2D eigenvalue weighted by molar-refractivity contribution is 9.11. The maximum absolute atomic E-state index is 13.2. The summed E-state index contributed by atoms with van der Waals surface area (Å²) in [6, 6.07) is 0. The summed E-state index contributed by atoms with van der Waals surface area (Å²) in [5.41, 5.74) is 6.58. The van der Waals surface area contributed by atoms with E-state index < -0.39 is 66.8 Å². The van der Waals surface area contributed by atoms with Gasteiger partial charge in [-0.05, 0) is 15.9 Å². The third kappa shape index (κ3) is 8.00. The number of aromatic amines is 1. The highest BCUT2D eigenvalue weighted by Crippen LogP contribution is 2.61.